The number of rotatable bonds is 19. The summed E-state index contributed by atoms with van der Waals surface area (Å²) < 4.78 is 36.0. The number of phenolic OH excluding ortho intramolecular Hbond substituents is 1. The van der Waals surface area contributed by atoms with Crippen molar-refractivity contribution in [3.63, 3.8) is 0 Å². The fourth-order valence-electron chi connectivity index (χ4n) is 4.60. The summed E-state index contributed by atoms with van der Waals surface area (Å²) in [5.74, 6) is 1.73. The summed E-state index contributed by atoms with van der Waals surface area (Å²) in [4.78, 5) is 0. The van der Waals surface area contributed by atoms with E-state index in [1.165, 1.54) is 0 Å². The van der Waals surface area contributed by atoms with E-state index in [0.29, 0.717) is 33.0 Å². The van der Waals surface area contributed by atoms with E-state index >= 15 is 0 Å². The van der Waals surface area contributed by atoms with Gasteiger partial charge in [-0.25, -0.2) is 0 Å². The van der Waals surface area contributed by atoms with Crippen LogP contribution in [0.2, 0.25) is 0 Å². The maximum atomic E-state index is 11.1. The van der Waals surface area contributed by atoms with Crippen molar-refractivity contribution in [3.8, 4) is 17.2 Å². The van der Waals surface area contributed by atoms with Crippen molar-refractivity contribution in [3.05, 3.63) is 42.5 Å². The first-order chi connectivity index (χ1) is 19.6. The molecule has 4 rings (SSSR count). The third-order valence-corrected chi connectivity index (χ3v) is 7.42. The molecule has 1 aliphatic rings. The Morgan fingerprint density at radius 3 is 2.05 bits per heavy atom. The van der Waals surface area contributed by atoms with Crippen molar-refractivity contribution in [1.82, 2.24) is 0 Å². The van der Waals surface area contributed by atoms with Gasteiger partial charge >= 0.3 is 0 Å². The minimum atomic E-state index is -0.0952. The first-order valence-electron chi connectivity index (χ1n) is 15.0. The largest absolute Gasteiger partial charge is 0.507 e. The molecule has 4 atom stereocenters. The molecule has 0 aliphatic carbocycles. The zero-order chi connectivity index (χ0) is 28.3. The molecule has 1 N–H and O–H groups in total. The smallest absolute Gasteiger partial charge is 0.135 e. The summed E-state index contributed by atoms with van der Waals surface area (Å²) in [6.45, 7) is 12.0. The average molecular weight is 555 g/mol. The van der Waals surface area contributed by atoms with Crippen molar-refractivity contribution < 1.29 is 33.5 Å². The predicted molar refractivity (Wildman–Crippen MR) is 159 cm³/mol. The van der Waals surface area contributed by atoms with E-state index in [4.69, 9.17) is 28.4 Å². The number of phenols is 1. The molecule has 1 fully saturated rings. The number of fused-ring (bicyclic) bond motifs is 2. The van der Waals surface area contributed by atoms with Gasteiger partial charge in [-0.05, 0) is 43.9 Å². The molecule has 0 bridgehead atoms. The van der Waals surface area contributed by atoms with Gasteiger partial charge in [0.2, 0.25) is 0 Å². The summed E-state index contributed by atoms with van der Waals surface area (Å²) in [5.41, 5.74) is 0. The van der Waals surface area contributed by atoms with Crippen molar-refractivity contribution in [2.24, 2.45) is 0 Å². The topological polar surface area (TPSA) is 78.9 Å². The van der Waals surface area contributed by atoms with Crippen LogP contribution < -0.4 is 9.47 Å². The van der Waals surface area contributed by atoms with E-state index < -0.39 is 0 Å². The second-order valence-corrected chi connectivity index (χ2v) is 10.5. The highest BCUT2D eigenvalue weighted by atomic mass is 16.6. The Morgan fingerprint density at radius 1 is 0.775 bits per heavy atom. The number of benzene rings is 3. The standard InChI is InChI=1S/C33H46O7/c1-5-9-16-35-26-14-15-30-31(17-26)32(34)28-12-10-11-13-29(28)33(30)40-20-25(8-4)37-18-23(6-2)36-19-24(7-3)38-21-27-22-39-27/h10-15,17,23-25,27,34H,5-9,16,18-22H2,1-4H3. The predicted octanol–water partition coefficient (Wildman–Crippen LogP) is 7.04. The molecule has 0 amide bonds. The molecule has 0 saturated carbocycles. The van der Waals surface area contributed by atoms with E-state index in [1.807, 2.05) is 42.5 Å². The normalized spacial score (nSPS) is 17.1. The number of hydrogen-bond donors (Lipinski definition) is 1. The first kappa shape index (κ1) is 30.4. The van der Waals surface area contributed by atoms with E-state index in [0.717, 1.165) is 71.8 Å². The molecule has 40 heavy (non-hydrogen) atoms. The molecular weight excluding hydrogens is 508 g/mol. The van der Waals surface area contributed by atoms with Crippen LogP contribution in [0, 0.1) is 0 Å². The molecule has 1 heterocycles. The average Bonchev–Trinajstić information content (AvgIpc) is 3.82. The minimum absolute atomic E-state index is 0.00895. The monoisotopic (exact) mass is 554 g/mol. The molecule has 3 aromatic rings. The molecule has 0 radical (unpaired) electrons. The van der Waals surface area contributed by atoms with Gasteiger partial charge in [-0.2, -0.15) is 0 Å². The molecule has 1 saturated heterocycles. The maximum Gasteiger partial charge on any atom is 0.135 e. The van der Waals surface area contributed by atoms with Crippen LogP contribution in [0.4, 0.5) is 0 Å². The lowest BCUT2D eigenvalue weighted by molar-refractivity contribution is -0.0886. The van der Waals surface area contributed by atoms with Crippen LogP contribution in [-0.2, 0) is 18.9 Å². The summed E-state index contributed by atoms with van der Waals surface area (Å²) in [7, 11) is 0. The summed E-state index contributed by atoms with van der Waals surface area (Å²) in [6.07, 6.45) is 4.84. The number of unbranched alkanes of at least 4 members (excludes halogenated alkanes) is 1. The van der Waals surface area contributed by atoms with Gasteiger partial charge in [-0.1, -0.05) is 58.4 Å². The zero-order valence-corrected chi connectivity index (χ0v) is 24.5. The van der Waals surface area contributed by atoms with E-state index in [9.17, 15) is 5.11 Å². The van der Waals surface area contributed by atoms with Crippen LogP contribution in [0.5, 0.6) is 17.2 Å². The zero-order valence-electron chi connectivity index (χ0n) is 24.5. The fourth-order valence-corrected chi connectivity index (χ4v) is 4.60. The van der Waals surface area contributed by atoms with Crippen LogP contribution in [-0.4, -0.2) is 69.2 Å². The van der Waals surface area contributed by atoms with Crippen LogP contribution >= 0.6 is 0 Å². The summed E-state index contributed by atoms with van der Waals surface area (Å²) >= 11 is 0. The summed E-state index contributed by atoms with van der Waals surface area (Å²) in [5, 5.41) is 14.3. The van der Waals surface area contributed by atoms with Crippen LogP contribution in [0.1, 0.15) is 59.8 Å². The second kappa shape index (κ2) is 15.4. The number of hydrogen-bond acceptors (Lipinski definition) is 7. The Labute approximate surface area is 238 Å². The second-order valence-electron chi connectivity index (χ2n) is 10.5. The SMILES string of the molecule is CCCCOc1ccc2c(OCC(CC)OCC(CC)OCC(CC)OCC3CO3)c3ccccc3c(O)c2c1. The molecule has 7 nitrogen and oxygen atoms in total. The van der Waals surface area contributed by atoms with Gasteiger partial charge in [0, 0.05) is 21.5 Å². The van der Waals surface area contributed by atoms with Crippen molar-refractivity contribution in [2.75, 3.05) is 39.6 Å². The molecule has 220 valence electrons. The van der Waals surface area contributed by atoms with Gasteiger partial charge < -0.3 is 33.5 Å². The Hall–Kier alpha value is -2.58. The van der Waals surface area contributed by atoms with Crippen LogP contribution in [0.25, 0.3) is 21.5 Å². The number of ether oxygens (including phenoxy) is 6. The minimum Gasteiger partial charge on any atom is -0.507 e. The van der Waals surface area contributed by atoms with Gasteiger partial charge in [-0.15, -0.1) is 0 Å². The lowest BCUT2D eigenvalue weighted by atomic mass is 10.0. The van der Waals surface area contributed by atoms with Crippen molar-refractivity contribution in [2.45, 2.75) is 84.2 Å². The fraction of sp³-hybridized carbons (Fsp3) is 0.576. The van der Waals surface area contributed by atoms with Crippen LogP contribution in [0.15, 0.2) is 42.5 Å². The molecule has 0 spiro atoms. The van der Waals surface area contributed by atoms with Gasteiger partial charge in [0.05, 0.1) is 51.3 Å². The maximum absolute atomic E-state index is 11.1. The Morgan fingerprint density at radius 2 is 1.40 bits per heavy atom. The highest BCUT2D eigenvalue weighted by molar-refractivity contribution is 6.11. The molecule has 1 aliphatic heterocycles. The third kappa shape index (κ3) is 8.23. The van der Waals surface area contributed by atoms with Gasteiger partial charge in [-0.3, -0.25) is 0 Å². The Balaban J connectivity index is 1.41. The van der Waals surface area contributed by atoms with Gasteiger partial charge in [0.1, 0.15) is 30.0 Å². The van der Waals surface area contributed by atoms with E-state index in [1.54, 1.807) is 0 Å². The van der Waals surface area contributed by atoms with Crippen molar-refractivity contribution >= 4 is 21.5 Å². The number of epoxide rings is 1. The highest BCUT2D eigenvalue weighted by Crippen LogP contribution is 2.43. The number of aromatic hydroxyl groups is 1. The van der Waals surface area contributed by atoms with Gasteiger partial charge in [0.15, 0.2) is 0 Å². The van der Waals surface area contributed by atoms with E-state index in [-0.39, 0.29) is 30.2 Å². The van der Waals surface area contributed by atoms with E-state index in [2.05, 4.69) is 27.7 Å². The third-order valence-electron chi connectivity index (χ3n) is 7.42. The first-order valence-corrected chi connectivity index (χ1v) is 15.0. The molecule has 4 unspecified atom stereocenters. The quantitative estimate of drug-likeness (QED) is 0.0967. The molecule has 3 aromatic carbocycles. The van der Waals surface area contributed by atoms with Crippen molar-refractivity contribution in [1.29, 1.82) is 0 Å². The Bertz CT molecular complexity index is 1190. The lowest BCUT2D eigenvalue weighted by Gasteiger charge is -2.24. The summed E-state index contributed by atoms with van der Waals surface area (Å²) in [6, 6.07) is 13.6. The lowest BCUT2D eigenvalue weighted by Crippen LogP contribution is -2.30. The molecular formula is C33H46O7. The van der Waals surface area contributed by atoms with Crippen LogP contribution in [0.3, 0.4) is 0 Å². The highest BCUT2D eigenvalue weighted by Gasteiger charge is 2.24. The molecule has 7 heteroatoms. The van der Waals surface area contributed by atoms with Gasteiger partial charge in [0.25, 0.3) is 0 Å². The molecule has 0 aromatic heterocycles. The Kier molecular flexibility index (Phi) is 11.7.